The van der Waals surface area contributed by atoms with Crippen molar-refractivity contribution < 1.29 is 4.84 Å². The van der Waals surface area contributed by atoms with Gasteiger partial charge in [0, 0.05) is 31.6 Å². The van der Waals surface area contributed by atoms with Crippen LogP contribution in [0.25, 0.3) is 10.1 Å². The van der Waals surface area contributed by atoms with E-state index < -0.39 is 0 Å². The second-order valence-electron chi connectivity index (χ2n) is 4.10. The third-order valence-corrected chi connectivity index (χ3v) is 3.97. The van der Waals surface area contributed by atoms with Gasteiger partial charge in [0.2, 0.25) is 0 Å². The standard InChI is InChI=1S/C12H15N3OS/c1-16-15-8-6-14(7-9-15)12-10-4-2-3-5-11(10)17-13-12/h2-5H,6-9H2,1H3. The Hall–Kier alpha value is -1.17. The van der Waals surface area contributed by atoms with Gasteiger partial charge in [-0.05, 0) is 23.7 Å². The molecule has 1 aliphatic heterocycles. The highest BCUT2D eigenvalue weighted by atomic mass is 32.1. The number of benzene rings is 1. The van der Waals surface area contributed by atoms with Crippen molar-refractivity contribution in [1.82, 2.24) is 9.44 Å². The number of anilines is 1. The third-order valence-electron chi connectivity index (χ3n) is 3.15. The molecule has 0 saturated carbocycles. The van der Waals surface area contributed by atoms with Crippen LogP contribution in [-0.4, -0.2) is 42.7 Å². The first-order chi connectivity index (χ1) is 8.38. The van der Waals surface area contributed by atoms with E-state index in [1.54, 1.807) is 18.6 Å². The Morgan fingerprint density at radius 2 is 1.94 bits per heavy atom. The smallest absolute Gasteiger partial charge is 0.150 e. The number of rotatable bonds is 2. The molecule has 17 heavy (non-hydrogen) atoms. The molecule has 90 valence electrons. The first-order valence-corrected chi connectivity index (χ1v) is 6.54. The van der Waals surface area contributed by atoms with E-state index in [-0.39, 0.29) is 0 Å². The second kappa shape index (κ2) is 4.60. The Balaban J connectivity index is 1.85. The number of hydroxylamine groups is 2. The van der Waals surface area contributed by atoms with Crippen molar-refractivity contribution >= 4 is 27.4 Å². The maximum atomic E-state index is 5.23. The maximum Gasteiger partial charge on any atom is 0.150 e. The molecule has 0 unspecified atom stereocenters. The quantitative estimate of drug-likeness (QED) is 0.813. The summed E-state index contributed by atoms with van der Waals surface area (Å²) in [6, 6.07) is 8.41. The zero-order valence-electron chi connectivity index (χ0n) is 9.80. The lowest BCUT2D eigenvalue weighted by atomic mass is 10.2. The Kier molecular flexibility index (Phi) is 2.96. The van der Waals surface area contributed by atoms with E-state index in [1.807, 2.05) is 5.06 Å². The fourth-order valence-corrected chi connectivity index (χ4v) is 2.98. The van der Waals surface area contributed by atoms with Crippen molar-refractivity contribution in [3.8, 4) is 0 Å². The predicted octanol–water partition coefficient (Wildman–Crippen LogP) is 1.98. The van der Waals surface area contributed by atoms with Gasteiger partial charge in [0.05, 0.1) is 11.8 Å². The average molecular weight is 249 g/mol. The number of piperazine rings is 1. The minimum atomic E-state index is 0.933. The van der Waals surface area contributed by atoms with Gasteiger partial charge in [-0.15, -0.1) is 0 Å². The summed E-state index contributed by atoms with van der Waals surface area (Å²) in [4.78, 5) is 7.57. The molecule has 0 bridgehead atoms. The van der Waals surface area contributed by atoms with Crippen LogP contribution in [0.3, 0.4) is 0 Å². The Labute approximate surface area is 105 Å². The van der Waals surface area contributed by atoms with Gasteiger partial charge in [0.15, 0.2) is 0 Å². The monoisotopic (exact) mass is 249 g/mol. The van der Waals surface area contributed by atoms with Crippen LogP contribution in [0.5, 0.6) is 0 Å². The van der Waals surface area contributed by atoms with Gasteiger partial charge in [-0.1, -0.05) is 12.1 Å². The molecule has 0 amide bonds. The first kappa shape index (κ1) is 11.0. The lowest BCUT2D eigenvalue weighted by Gasteiger charge is -2.33. The Morgan fingerprint density at radius 1 is 1.18 bits per heavy atom. The summed E-state index contributed by atoms with van der Waals surface area (Å²) >= 11 is 1.58. The summed E-state index contributed by atoms with van der Waals surface area (Å²) in [7, 11) is 1.73. The zero-order valence-corrected chi connectivity index (χ0v) is 10.6. The van der Waals surface area contributed by atoms with Crippen molar-refractivity contribution in [2.75, 3.05) is 38.2 Å². The van der Waals surface area contributed by atoms with E-state index in [4.69, 9.17) is 4.84 Å². The van der Waals surface area contributed by atoms with Crippen molar-refractivity contribution in [1.29, 1.82) is 0 Å². The minimum absolute atomic E-state index is 0.933. The fraction of sp³-hybridized carbons (Fsp3) is 0.417. The van der Waals surface area contributed by atoms with Gasteiger partial charge in [-0.25, -0.2) is 0 Å². The molecule has 1 aliphatic rings. The van der Waals surface area contributed by atoms with Gasteiger partial charge in [-0.2, -0.15) is 9.44 Å². The molecule has 1 saturated heterocycles. The highest BCUT2D eigenvalue weighted by Crippen LogP contribution is 2.29. The fourth-order valence-electron chi connectivity index (χ4n) is 2.18. The molecule has 1 aromatic carbocycles. The normalized spacial score (nSPS) is 17.8. The number of hydrogen-bond acceptors (Lipinski definition) is 5. The number of fused-ring (bicyclic) bond motifs is 1. The highest BCUT2D eigenvalue weighted by molar-refractivity contribution is 7.13. The van der Waals surface area contributed by atoms with Gasteiger partial charge in [0.25, 0.3) is 0 Å². The van der Waals surface area contributed by atoms with Crippen molar-refractivity contribution in [2.45, 2.75) is 0 Å². The van der Waals surface area contributed by atoms with E-state index in [0.29, 0.717) is 0 Å². The molecule has 2 heterocycles. The van der Waals surface area contributed by atoms with Crippen molar-refractivity contribution in [2.24, 2.45) is 0 Å². The van der Waals surface area contributed by atoms with E-state index in [9.17, 15) is 0 Å². The van der Waals surface area contributed by atoms with Crippen LogP contribution in [0.2, 0.25) is 0 Å². The van der Waals surface area contributed by atoms with Crippen LogP contribution in [0.15, 0.2) is 24.3 Å². The van der Waals surface area contributed by atoms with Gasteiger partial charge in [-0.3, -0.25) is 0 Å². The summed E-state index contributed by atoms with van der Waals surface area (Å²) in [5, 5.41) is 3.26. The second-order valence-corrected chi connectivity index (χ2v) is 4.91. The van der Waals surface area contributed by atoms with E-state index in [2.05, 4.69) is 33.5 Å². The zero-order chi connectivity index (χ0) is 11.7. The van der Waals surface area contributed by atoms with E-state index in [1.165, 1.54) is 10.1 Å². The predicted molar refractivity (Wildman–Crippen MR) is 70.4 cm³/mol. The molecule has 4 nitrogen and oxygen atoms in total. The lowest BCUT2D eigenvalue weighted by molar-refractivity contribution is -0.133. The summed E-state index contributed by atoms with van der Waals surface area (Å²) in [5.74, 6) is 1.13. The summed E-state index contributed by atoms with van der Waals surface area (Å²) in [6.45, 7) is 3.81. The minimum Gasteiger partial charge on any atom is -0.353 e. The summed E-state index contributed by atoms with van der Waals surface area (Å²) in [5.41, 5.74) is 0. The molecule has 0 radical (unpaired) electrons. The molecule has 0 N–H and O–H groups in total. The van der Waals surface area contributed by atoms with Crippen molar-refractivity contribution in [3.63, 3.8) is 0 Å². The molecular weight excluding hydrogens is 234 g/mol. The van der Waals surface area contributed by atoms with Crippen molar-refractivity contribution in [3.05, 3.63) is 24.3 Å². The summed E-state index contributed by atoms with van der Waals surface area (Å²) in [6.07, 6.45) is 0. The van der Waals surface area contributed by atoms with Gasteiger partial charge in [0.1, 0.15) is 5.82 Å². The topological polar surface area (TPSA) is 28.6 Å². The van der Waals surface area contributed by atoms with Crippen LogP contribution in [-0.2, 0) is 4.84 Å². The van der Waals surface area contributed by atoms with E-state index in [0.717, 1.165) is 32.0 Å². The molecule has 1 aromatic heterocycles. The third kappa shape index (κ3) is 2.01. The van der Waals surface area contributed by atoms with Crippen LogP contribution in [0.1, 0.15) is 0 Å². The molecule has 0 atom stereocenters. The molecule has 0 spiro atoms. The van der Waals surface area contributed by atoms with Crippen LogP contribution < -0.4 is 4.90 Å². The number of hydrogen-bond donors (Lipinski definition) is 0. The van der Waals surface area contributed by atoms with Gasteiger partial charge >= 0.3 is 0 Å². The molecular formula is C12H15N3OS. The van der Waals surface area contributed by atoms with Crippen LogP contribution >= 0.6 is 11.5 Å². The molecule has 2 aromatic rings. The lowest BCUT2D eigenvalue weighted by Crippen LogP contribution is -2.45. The molecule has 0 aliphatic carbocycles. The Bertz CT molecular complexity index is 505. The van der Waals surface area contributed by atoms with Gasteiger partial charge < -0.3 is 9.74 Å². The first-order valence-electron chi connectivity index (χ1n) is 5.77. The molecule has 1 fully saturated rings. The SMILES string of the molecule is CON1CCN(c2nsc3ccccc23)CC1. The number of aromatic nitrogens is 1. The van der Waals surface area contributed by atoms with E-state index >= 15 is 0 Å². The Morgan fingerprint density at radius 3 is 2.71 bits per heavy atom. The van der Waals surface area contributed by atoms with Crippen LogP contribution in [0, 0.1) is 0 Å². The summed E-state index contributed by atoms with van der Waals surface area (Å²) < 4.78 is 5.84. The maximum absolute atomic E-state index is 5.23. The average Bonchev–Trinajstić information content (AvgIpc) is 2.83. The van der Waals surface area contributed by atoms with Crippen LogP contribution in [0.4, 0.5) is 5.82 Å². The largest absolute Gasteiger partial charge is 0.353 e. The number of nitrogens with zero attached hydrogens (tertiary/aromatic N) is 3. The molecule has 3 rings (SSSR count). The highest BCUT2D eigenvalue weighted by Gasteiger charge is 2.20. The molecule has 5 heteroatoms.